The van der Waals surface area contributed by atoms with Crippen LogP contribution in [0.25, 0.3) is 0 Å². The molecule has 0 bridgehead atoms. The quantitative estimate of drug-likeness (QED) is 0.646. The molecule has 1 fully saturated rings. The van der Waals surface area contributed by atoms with Gasteiger partial charge in [0.05, 0.1) is 10.8 Å². The van der Waals surface area contributed by atoms with Gasteiger partial charge < -0.3 is 0 Å². The molecule has 1 aliphatic rings. The van der Waals surface area contributed by atoms with Gasteiger partial charge in [-0.05, 0) is 43.7 Å². The van der Waals surface area contributed by atoms with E-state index < -0.39 is 20.6 Å². The summed E-state index contributed by atoms with van der Waals surface area (Å²) in [6, 6.07) is 7.76. The summed E-state index contributed by atoms with van der Waals surface area (Å²) in [7, 11) is -3.22. The molecule has 2 rings (SSSR count). The van der Waals surface area contributed by atoms with E-state index in [1.165, 1.54) is 31.1 Å². The minimum Gasteiger partial charge on any atom is -0.271 e. The van der Waals surface area contributed by atoms with Crippen LogP contribution in [0.5, 0.6) is 0 Å². The molecule has 5 heteroatoms. The van der Waals surface area contributed by atoms with Crippen LogP contribution in [0.3, 0.4) is 0 Å². The lowest BCUT2D eigenvalue weighted by Crippen LogP contribution is -2.47. The topological polar surface area (TPSA) is 72.2 Å². The van der Waals surface area contributed by atoms with Crippen molar-refractivity contribution in [2.45, 2.75) is 49.8 Å². The standard InChI is InChI=1S/C15H24N2O2S/c1-15(2,20(3,18)19)14(17-16)13-9-7-12(8-10-13)11-5-4-6-11/h7-11,14,17H,4-6,16H2,1-3H3. The predicted molar refractivity (Wildman–Crippen MR) is 82.0 cm³/mol. The van der Waals surface area contributed by atoms with Crippen LogP contribution in [0.15, 0.2) is 24.3 Å². The SMILES string of the molecule is CC(C)(C(NN)c1ccc(C2CCC2)cc1)S(C)(=O)=O. The number of sulfone groups is 1. The van der Waals surface area contributed by atoms with Crippen LogP contribution in [-0.2, 0) is 9.84 Å². The fraction of sp³-hybridized carbons (Fsp3) is 0.600. The number of nitrogens with one attached hydrogen (secondary N) is 1. The summed E-state index contributed by atoms with van der Waals surface area (Å²) in [4.78, 5) is 0. The first-order chi connectivity index (χ1) is 9.27. The first-order valence-corrected chi connectivity index (χ1v) is 8.92. The van der Waals surface area contributed by atoms with E-state index in [0.717, 1.165) is 5.56 Å². The minimum atomic E-state index is -3.22. The van der Waals surface area contributed by atoms with Crippen molar-refractivity contribution in [1.29, 1.82) is 0 Å². The third-order valence-corrected chi connectivity index (χ3v) is 6.81. The molecule has 1 aromatic rings. The zero-order valence-corrected chi connectivity index (χ0v) is 13.2. The maximum absolute atomic E-state index is 12.0. The predicted octanol–water partition coefficient (Wildman–Crippen LogP) is 2.28. The lowest BCUT2D eigenvalue weighted by Gasteiger charge is -2.33. The van der Waals surface area contributed by atoms with Gasteiger partial charge in [0.15, 0.2) is 9.84 Å². The van der Waals surface area contributed by atoms with Gasteiger partial charge in [-0.1, -0.05) is 30.7 Å². The number of hydrogen-bond donors (Lipinski definition) is 2. The average Bonchev–Trinajstić information content (AvgIpc) is 2.28. The molecule has 112 valence electrons. The van der Waals surface area contributed by atoms with Crippen LogP contribution in [0, 0.1) is 0 Å². The fourth-order valence-electron chi connectivity index (χ4n) is 2.61. The van der Waals surface area contributed by atoms with Gasteiger partial charge in [-0.3, -0.25) is 11.3 Å². The number of benzene rings is 1. The van der Waals surface area contributed by atoms with Crippen LogP contribution in [0.2, 0.25) is 0 Å². The Hall–Kier alpha value is -0.910. The summed E-state index contributed by atoms with van der Waals surface area (Å²) >= 11 is 0. The van der Waals surface area contributed by atoms with Gasteiger partial charge in [-0.25, -0.2) is 8.42 Å². The number of hydrogen-bond acceptors (Lipinski definition) is 4. The Labute approximate surface area is 121 Å². The Morgan fingerprint density at radius 1 is 1.25 bits per heavy atom. The molecule has 0 radical (unpaired) electrons. The van der Waals surface area contributed by atoms with Crippen molar-refractivity contribution in [2.75, 3.05) is 6.26 Å². The zero-order valence-electron chi connectivity index (χ0n) is 12.4. The van der Waals surface area contributed by atoms with Gasteiger partial charge in [0.2, 0.25) is 0 Å². The van der Waals surface area contributed by atoms with Gasteiger partial charge in [0.1, 0.15) is 0 Å². The van der Waals surface area contributed by atoms with Gasteiger partial charge >= 0.3 is 0 Å². The summed E-state index contributed by atoms with van der Waals surface area (Å²) < 4.78 is 23.0. The van der Waals surface area contributed by atoms with Crippen molar-refractivity contribution in [1.82, 2.24) is 5.43 Å². The zero-order chi connectivity index (χ0) is 15.0. The summed E-state index contributed by atoms with van der Waals surface area (Å²) in [6.45, 7) is 3.40. The summed E-state index contributed by atoms with van der Waals surface area (Å²) in [5, 5.41) is 0. The normalized spacial score (nSPS) is 18.6. The smallest absolute Gasteiger partial charge is 0.154 e. The largest absolute Gasteiger partial charge is 0.271 e. The van der Waals surface area contributed by atoms with Crippen molar-refractivity contribution >= 4 is 9.84 Å². The highest BCUT2D eigenvalue weighted by molar-refractivity contribution is 7.92. The highest BCUT2D eigenvalue weighted by atomic mass is 32.2. The molecule has 3 N–H and O–H groups in total. The average molecular weight is 296 g/mol. The molecular formula is C15H24N2O2S. The second kappa shape index (κ2) is 5.47. The summed E-state index contributed by atoms with van der Waals surface area (Å²) in [5.41, 5.74) is 4.91. The summed E-state index contributed by atoms with van der Waals surface area (Å²) in [6.07, 6.45) is 5.07. The maximum Gasteiger partial charge on any atom is 0.154 e. The Bertz CT molecular complexity index is 560. The van der Waals surface area contributed by atoms with Crippen molar-refractivity contribution < 1.29 is 8.42 Å². The van der Waals surface area contributed by atoms with Crippen LogP contribution in [-0.4, -0.2) is 19.4 Å². The molecule has 4 nitrogen and oxygen atoms in total. The van der Waals surface area contributed by atoms with Gasteiger partial charge in [-0.15, -0.1) is 0 Å². The van der Waals surface area contributed by atoms with Gasteiger partial charge in [-0.2, -0.15) is 0 Å². The molecule has 0 amide bonds. The first-order valence-electron chi connectivity index (χ1n) is 7.03. The monoisotopic (exact) mass is 296 g/mol. The first kappa shape index (κ1) is 15.5. The van der Waals surface area contributed by atoms with E-state index >= 15 is 0 Å². The molecule has 1 aromatic carbocycles. The lowest BCUT2D eigenvalue weighted by atomic mass is 9.79. The molecule has 1 unspecified atom stereocenters. The van der Waals surface area contributed by atoms with E-state index in [4.69, 9.17) is 5.84 Å². The van der Waals surface area contributed by atoms with Gasteiger partial charge in [0, 0.05) is 6.26 Å². The van der Waals surface area contributed by atoms with Crippen molar-refractivity contribution in [2.24, 2.45) is 5.84 Å². The Morgan fingerprint density at radius 2 is 1.80 bits per heavy atom. The Morgan fingerprint density at radius 3 is 2.15 bits per heavy atom. The molecule has 0 heterocycles. The second-order valence-electron chi connectivity index (χ2n) is 6.27. The molecular weight excluding hydrogens is 272 g/mol. The van der Waals surface area contributed by atoms with E-state index in [2.05, 4.69) is 17.6 Å². The highest BCUT2D eigenvalue weighted by Gasteiger charge is 2.39. The second-order valence-corrected chi connectivity index (χ2v) is 8.87. The summed E-state index contributed by atoms with van der Waals surface area (Å²) in [5.74, 6) is 6.29. The van der Waals surface area contributed by atoms with E-state index in [0.29, 0.717) is 5.92 Å². The number of hydrazine groups is 1. The number of nitrogens with two attached hydrogens (primary N) is 1. The Balaban J connectivity index is 2.28. The van der Waals surface area contributed by atoms with Crippen molar-refractivity contribution in [3.63, 3.8) is 0 Å². The lowest BCUT2D eigenvalue weighted by molar-refractivity contribution is 0.417. The Kier molecular flexibility index (Phi) is 4.23. The molecule has 0 spiro atoms. The number of rotatable bonds is 5. The van der Waals surface area contributed by atoms with E-state index in [9.17, 15) is 8.42 Å². The molecule has 0 aliphatic heterocycles. The molecule has 1 aliphatic carbocycles. The van der Waals surface area contributed by atoms with Crippen molar-refractivity contribution in [3.8, 4) is 0 Å². The third-order valence-electron chi connectivity index (χ3n) is 4.66. The van der Waals surface area contributed by atoms with Crippen LogP contribution in [0.4, 0.5) is 0 Å². The van der Waals surface area contributed by atoms with Crippen LogP contribution >= 0.6 is 0 Å². The molecule has 1 atom stereocenters. The maximum atomic E-state index is 12.0. The fourth-order valence-corrected chi connectivity index (χ4v) is 3.25. The van der Waals surface area contributed by atoms with E-state index in [1.54, 1.807) is 13.8 Å². The van der Waals surface area contributed by atoms with E-state index in [1.807, 2.05) is 12.1 Å². The van der Waals surface area contributed by atoms with Gasteiger partial charge in [0.25, 0.3) is 0 Å². The molecule has 20 heavy (non-hydrogen) atoms. The third kappa shape index (κ3) is 2.75. The molecule has 1 saturated carbocycles. The molecule has 0 saturated heterocycles. The molecule has 0 aromatic heterocycles. The van der Waals surface area contributed by atoms with Crippen LogP contribution in [0.1, 0.15) is 56.2 Å². The van der Waals surface area contributed by atoms with E-state index in [-0.39, 0.29) is 0 Å². The minimum absolute atomic E-state index is 0.423. The van der Waals surface area contributed by atoms with Crippen molar-refractivity contribution in [3.05, 3.63) is 35.4 Å². The highest BCUT2D eigenvalue weighted by Crippen LogP contribution is 2.37. The van der Waals surface area contributed by atoms with Crippen LogP contribution < -0.4 is 11.3 Å².